The summed E-state index contributed by atoms with van der Waals surface area (Å²) in [7, 11) is 0. The third kappa shape index (κ3) is 6.74. The first-order valence-corrected chi connectivity index (χ1v) is 8.84. The Morgan fingerprint density at radius 2 is 2.00 bits per heavy atom. The van der Waals surface area contributed by atoms with Gasteiger partial charge in [0.25, 0.3) is 0 Å². The first-order chi connectivity index (χ1) is 13.1. The highest BCUT2D eigenvalue weighted by atomic mass is 32.2. The monoisotopic (exact) mass is 414 g/mol. The lowest BCUT2D eigenvalue weighted by molar-refractivity contribution is -0.297. The Hall–Kier alpha value is -2.79. The largest absolute Gasteiger partial charge is 0.545 e. The Morgan fingerprint density at radius 3 is 2.64 bits per heavy atom. The number of anilines is 1. The van der Waals surface area contributed by atoms with Crippen molar-refractivity contribution >= 4 is 29.3 Å². The van der Waals surface area contributed by atoms with Crippen LogP contribution in [0.25, 0.3) is 0 Å². The van der Waals surface area contributed by atoms with Crippen molar-refractivity contribution < 1.29 is 33.0 Å². The Labute approximate surface area is 161 Å². The van der Waals surface area contributed by atoms with Crippen LogP contribution in [0.15, 0.2) is 53.6 Å². The number of aliphatic hydroxyl groups is 1. The van der Waals surface area contributed by atoms with Gasteiger partial charge in [-0.2, -0.15) is 18.3 Å². The molecule has 0 saturated carbocycles. The molecule has 150 valence electrons. The topological polar surface area (TPSA) is 107 Å². The van der Waals surface area contributed by atoms with Gasteiger partial charge < -0.3 is 20.3 Å². The highest BCUT2D eigenvalue weighted by Crippen LogP contribution is 2.29. The van der Waals surface area contributed by atoms with Gasteiger partial charge in [0.15, 0.2) is 5.69 Å². The Bertz CT molecular complexity index is 867. The number of carboxylic acid groups (broad SMARTS) is 1. The molecule has 2 N–H and O–H groups in total. The fourth-order valence-corrected chi connectivity index (χ4v) is 3.01. The summed E-state index contributed by atoms with van der Waals surface area (Å²) in [5.41, 5.74) is -0.642. The molecule has 0 bridgehead atoms. The molecule has 1 aromatic carbocycles. The Balaban J connectivity index is 1.94. The molecule has 1 heterocycles. The van der Waals surface area contributed by atoms with Crippen LogP contribution < -0.4 is 10.4 Å². The average molecular weight is 414 g/mol. The number of rotatable bonds is 8. The van der Waals surface area contributed by atoms with Crippen molar-refractivity contribution in [3.05, 3.63) is 54.4 Å². The number of carboxylic acids is 1. The number of para-hydroxylation sites is 1. The van der Waals surface area contributed by atoms with Crippen LogP contribution in [0.5, 0.6) is 0 Å². The normalized spacial score (nSPS) is 12.9. The van der Waals surface area contributed by atoms with Crippen LogP contribution in [0.4, 0.5) is 18.9 Å². The zero-order chi connectivity index (χ0) is 20.7. The van der Waals surface area contributed by atoms with Crippen LogP contribution in [-0.2, 0) is 22.3 Å². The summed E-state index contributed by atoms with van der Waals surface area (Å²) in [6.07, 6.45) is -3.01. The minimum absolute atomic E-state index is 0.128. The van der Waals surface area contributed by atoms with E-state index in [1.807, 2.05) is 0 Å². The third-order valence-corrected chi connectivity index (χ3v) is 4.49. The molecule has 0 unspecified atom stereocenters. The number of carbonyl (C=O) groups is 2. The predicted octanol–water partition coefficient (Wildman–Crippen LogP) is 1.30. The van der Waals surface area contributed by atoms with Gasteiger partial charge >= 0.3 is 6.18 Å². The van der Waals surface area contributed by atoms with Crippen molar-refractivity contribution in [2.75, 3.05) is 11.1 Å². The fourth-order valence-electron chi connectivity index (χ4n) is 2.08. The van der Waals surface area contributed by atoms with Gasteiger partial charge in [-0.25, -0.2) is 0 Å². The smallest absolute Gasteiger partial charge is 0.435 e. The second-order valence-corrected chi connectivity index (χ2v) is 6.59. The summed E-state index contributed by atoms with van der Waals surface area (Å²) in [6.45, 7) is -0.133. The van der Waals surface area contributed by atoms with E-state index in [0.717, 1.165) is 23.0 Å². The maximum atomic E-state index is 12.5. The van der Waals surface area contributed by atoms with Crippen molar-refractivity contribution in [1.82, 2.24) is 9.78 Å². The number of hydrogen-bond donors (Lipinski definition) is 2. The van der Waals surface area contributed by atoms with E-state index in [4.69, 9.17) is 0 Å². The summed E-state index contributed by atoms with van der Waals surface area (Å²) in [5, 5.41) is 26.3. The Kier molecular flexibility index (Phi) is 7.24. The molecule has 0 aliphatic heterocycles. The minimum atomic E-state index is -4.55. The highest BCUT2D eigenvalue weighted by Gasteiger charge is 2.33. The van der Waals surface area contributed by atoms with Crippen LogP contribution in [0.1, 0.15) is 5.69 Å². The van der Waals surface area contributed by atoms with Gasteiger partial charge in [0.1, 0.15) is 0 Å². The van der Waals surface area contributed by atoms with Gasteiger partial charge in [-0.05, 0) is 24.3 Å². The van der Waals surface area contributed by atoms with Gasteiger partial charge in [0.2, 0.25) is 5.91 Å². The van der Waals surface area contributed by atoms with E-state index in [2.05, 4.69) is 10.4 Å². The van der Waals surface area contributed by atoms with E-state index >= 15 is 0 Å². The number of aromatic nitrogens is 2. The summed E-state index contributed by atoms with van der Waals surface area (Å²) in [4.78, 5) is 22.6. The number of benzene rings is 1. The number of carbonyl (C=O) groups excluding carboxylic acids is 2. The third-order valence-electron chi connectivity index (χ3n) is 3.28. The van der Waals surface area contributed by atoms with Crippen LogP contribution >= 0.6 is 11.8 Å². The maximum absolute atomic E-state index is 12.5. The second kappa shape index (κ2) is 9.42. The van der Waals surface area contributed by atoms with Crippen LogP contribution in [0.2, 0.25) is 0 Å². The maximum Gasteiger partial charge on any atom is 0.435 e. The van der Waals surface area contributed by atoms with Crippen molar-refractivity contribution in [1.29, 1.82) is 0 Å². The van der Waals surface area contributed by atoms with E-state index in [0.29, 0.717) is 16.7 Å². The molecule has 1 amide bonds. The molecule has 0 radical (unpaired) electrons. The molecule has 0 aliphatic carbocycles. The van der Waals surface area contributed by atoms with Crippen LogP contribution in [0, 0.1) is 0 Å². The molecule has 0 aliphatic rings. The molecule has 11 heteroatoms. The predicted molar refractivity (Wildman–Crippen MR) is 93.2 cm³/mol. The molecule has 7 nitrogen and oxygen atoms in total. The number of alkyl halides is 3. The molecule has 0 spiro atoms. The molecule has 1 atom stereocenters. The van der Waals surface area contributed by atoms with Crippen molar-refractivity contribution in [2.45, 2.75) is 23.7 Å². The lowest BCUT2D eigenvalue weighted by Gasteiger charge is -2.13. The van der Waals surface area contributed by atoms with Gasteiger partial charge in [0.05, 0.1) is 24.3 Å². The van der Waals surface area contributed by atoms with Gasteiger partial charge in [-0.3, -0.25) is 9.48 Å². The molecule has 0 saturated heterocycles. The fraction of sp³-hybridized carbons (Fsp3) is 0.235. The SMILES string of the molecule is O=C([O-])C=CC(=O)Nc1ccccc1SC[C@H](O)Cn1ccc(C(F)(F)F)n1. The van der Waals surface area contributed by atoms with Crippen molar-refractivity contribution in [3.8, 4) is 0 Å². The van der Waals surface area contributed by atoms with E-state index in [1.54, 1.807) is 24.3 Å². The number of hydrogen-bond acceptors (Lipinski definition) is 6. The zero-order valence-electron chi connectivity index (χ0n) is 14.2. The molecule has 0 fully saturated rings. The second-order valence-electron chi connectivity index (χ2n) is 5.52. The van der Waals surface area contributed by atoms with E-state index < -0.39 is 29.9 Å². The number of nitrogens with one attached hydrogen (secondary N) is 1. The van der Waals surface area contributed by atoms with Crippen LogP contribution in [0.3, 0.4) is 0 Å². The number of halogens is 3. The molecule has 2 aromatic rings. The zero-order valence-corrected chi connectivity index (χ0v) is 15.0. The first kappa shape index (κ1) is 21.5. The van der Waals surface area contributed by atoms with E-state index in [-0.39, 0.29) is 12.3 Å². The average Bonchev–Trinajstić information content (AvgIpc) is 3.08. The number of aliphatic carboxylic acids is 1. The lowest BCUT2D eigenvalue weighted by Crippen LogP contribution is -2.20. The van der Waals surface area contributed by atoms with Crippen molar-refractivity contribution in [3.63, 3.8) is 0 Å². The summed E-state index contributed by atoms with van der Waals surface area (Å²) in [5.74, 6) is -2.05. The number of amides is 1. The first-order valence-electron chi connectivity index (χ1n) is 7.85. The Morgan fingerprint density at radius 1 is 1.29 bits per heavy atom. The quantitative estimate of drug-likeness (QED) is 0.498. The lowest BCUT2D eigenvalue weighted by atomic mass is 10.3. The number of thioether (sulfide) groups is 1. The molecule has 28 heavy (non-hydrogen) atoms. The molecular weight excluding hydrogens is 399 g/mol. The van der Waals surface area contributed by atoms with Gasteiger partial charge in [-0.1, -0.05) is 12.1 Å². The van der Waals surface area contributed by atoms with E-state index in [1.165, 1.54) is 11.8 Å². The standard InChI is InChI=1S/C17H16F3N3O4S/c18-17(19,20)14-7-8-23(22-14)9-11(24)10-28-13-4-2-1-3-12(13)21-15(25)5-6-16(26)27/h1-8,11,24H,9-10H2,(H,21,25)(H,26,27)/p-1/t11-/m1/s1. The molecular formula is C17H15F3N3O4S-. The number of nitrogens with zero attached hydrogens (tertiary/aromatic N) is 2. The van der Waals surface area contributed by atoms with Gasteiger partial charge in [-0.15, -0.1) is 11.8 Å². The molecule has 1 aromatic heterocycles. The summed E-state index contributed by atoms with van der Waals surface area (Å²) in [6, 6.07) is 7.43. The summed E-state index contributed by atoms with van der Waals surface area (Å²) >= 11 is 1.17. The van der Waals surface area contributed by atoms with Crippen LogP contribution in [-0.4, -0.2) is 38.6 Å². The van der Waals surface area contributed by atoms with Crippen molar-refractivity contribution in [2.24, 2.45) is 0 Å². The minimum Gasteiger partial charge on any atom is -0.545 e. The van der Waals surface area contributed by atoms with E-state index in [9.17, 15) is 33.0 Å². The van der Waals surface area contributed by atoms with Gasteiger partial charge in [0, 0.05) is 22.9 Å². The molecule has 2 rings (SSSR count). The highest BCUT2D eigenvalue weighted by molar-refractivity contribution is 7.99. The summed E-state index contributed by atoms with van der Waals surface area (Å²) < 4.78 is 38.6. The number of aliphatic hydroxyl groups excluding tert-OH is 1.